The molecule has 0 atom stereocenters. The van der Waals surface area contributed by atoms with Gasteiger partial charge in [0.15, 0.2) is 11.6 Å². The molecule has 1 aromatic heterocycles. The van der Waals surface area contributed by atoms with Crippen LogP contribution in [-0.4, -0.2) is 4.98 Å². The highest BCUT2D eigenvalue weighted by Gasteiger charge is 2.11. The number of nitrogens with one attached hydrogen (secondary N) is 1. The van der Waals surface area contributed by atoms with E-state index in [2.05, 4.69) is 42.2 Å². The van der Waals surface area contributed by atoms with Gasteiger partial charge in [0.05, 0.1) is 5.69 Å². The fraction of sp³-hybridized carbons (Fsp3) is 0.0833. The predicted molar refractivity (Wildman–Crippen MR) is 74.0 cm³/mol. The van der Waals surface area contributed by atoms with Crippen molar-refractivity contribution in [3.05, 3.63) is 50.5 Å². The van der Waals surface area contributed by atoms with Crippen molar-refractivity contribution in [1.29, 1.82) is 0 Å². The minimum absolute atomic E-state index is 0.215. The Morgan fingerprint density at radius 1 is 1.11 bits per heavy atom. The molecule has 0 aliphatic heterocycles. The smallest absolute Gasteiger partial charge is 0.150 e. The second-order valence-electron chi connectivity index (χ2n) is 3.63. The summed E-state index contributed by atoms with van der Waals surface area (Å²) in [6.07, 6.45) is 0. The van der Waals surface area contributed by atoms with E-state index in [4.69, 9.17) is 0 Å². The molecule has 2 rings (SSSR count). The van der Waals surface area contributed by atoms with Crippen LogP contribution in [0.3, 0.4) is 0 Å². The fourth-order valence-electron chi connectivity index (χ4n) is 1.40. The molecule has 0 aliphatic carbocycles. The van der Waals surface area contributed by atoms with E-state index < -0.39 is 11.6 Å². The van der Waals surface area contributed by atoms with Gasteiger partial charge in [0, 0.05) is 8.95 Å². The summed E-state index contributed by atoms with van der Waals surface area (Å²) >= 11 is 6.33. The molecular formula is C12H8Br2F2N2. The summed E-state index contributed by atoms with van der Waals surface area (Å²) in [7, 11) is 0. The third-order valence-corrected chi connectivity index (χ3v) is 3.58. The number of aromatic nitrogens is 1. The predicted octanol–water partition coefficient (Wildman–Crippen LogP) is 4.94. The second kappa shape index (κ2) is 5.32. The highest BCUT2D eigenvalue weighted by Crippen LogP contribution is 2.27. The van der Waals surface area contributed by atoms with Crippen molar-refractivity contribution in [1.82, 2.24) is 4.98 Å². The maximum Gasteiger partial charge on any atom is 0.150 e. The maximum atomic E-state index is 13.6. The normalized spacial score (nSPS) is 10.5. The molecule has 0 radical (unpaired) electrons. The van der Waals surface area contributed by atoms with Crippen LogP contribution in [0.15, 0.2) is 33.2 Å². The monoisotopic (exact) mass is 376 g/mol. The van der Waals surface area contributed by atoms with E-state index in [0.29, 0.717) is 10.3 Å². The first kappa shape index (κ1) is 13.4. The molecule has 6 heteroatoms. The number of anilines is 2. The Balaban J connectivity index is 2.37. The molecule has 0 saturated carbocycles. The molecule has 0 amide bonds. The van der Waals surface area contributed by atoms with E-state index in [9.17, 15) is 8.78 Å². The summed E-state index contributed by atoms with van der Waals surface area (Å²) in [4.78, 5) is 4.17. The molecule has 0 spiro atoms. The SMILES string of the molecule is Cc1nc(Nc2c(F)cc(Br)cc2F)ccc1Br. The number of hydrogen-bond donors (Lipinski definition) is 1. The minimum atomic E-state index is -0.677. The fourth-order valence-corrected chi connectivity index (χ4v) is 2.03. The molecule has 18 heavy (non-hydrogen) atoms. The molecule has 0 saturated heterocycles. The molecule has 2 nitrogen and oxygen atoms in total. The first-order valence-electron chi connectivity index (χ1n) is 5.02. The third kappa shape index (κ3) is 2.87. The Labute approximate surface area is 120 Å². The van der Waals surface area contributed by atoms with E-state index >= 15 is 0 Å². The Morgan fingerprint density at radius 3 is 2.28 bits per heavy atom. The van der Waals surface area contributed by atoms with Gasteiger partial charge in [0.2, 0.25) is 0 Å². The Morgan fingerprint density at radius 2 is 1.72 bits per heavy atom. The van der Waals surface area contributed by atoms with Crippen LogP contribution in [-0.2, 0) is 0 Å². The topological polar surface area (TPSA) is 24.9 Å². The van der Waals surface area contributed by atoms with Gasteiger partial charge in [-0.05, 0) is 47.1 Å². The Bertz CT molecular complexity index is 580. The summed E-state index contributed by atoms with van der Waals surface area (Å²) in [5, 5.41) is 2.63. The molecule has 1 N–H and O–H groups in total. The lowest BCUT2D eigenvalue weighted by atomic mass is 10.3. The van der Waals surface area contributed by atoms with Gasteiger partial charge in [-0.25, -0.2) is 13.8 Å². The van der Waals surface area contributed by atoms with Gasteiger partial charge in [-0.2, -0.15) is 0 Å². The standard InChI is InChI=1S/C12H8Br2F2N2/c1-6-8(14)2-3-11(17-6)18-12-9(15)4-7(13)5-10(12)16/h2-5H,1H3,(H,17,18). The van der Waals surface area contributed by atoms with Gasteiger partial charge < -0.3 is 5.32 Å². The van der Waals surface area contributed by atoms with E-state index in [-0.39, 0.29) is 5.69 Å². The average molecular weight is 378 g/mol. The third-order valence-electron chi connectivity index (χ3n) is 2.28. The van der Waals surface area contributed by atoms with Crippen LogP contribution in [0.25, 0.3) is 0 Å². The van der Waals surface area contributed by atoms with Crippen molar-refractivity contribution in [2.45, 2.75) is 6.92 Å². The minimum Gasteiger partial charge on any atom is -0.335 e. The van der Waals surface area contributed by atoms with Gasteiger partial charge in [-0.3, -0.25) is 0 Å². The van der Waals surface area contributed by atoms with Crippen molar-refractivity contribution in [3.8, 4) is 0 Å². The quantitative estimate of drug-likeness (QED) is 0.801. The summed E-state index contributed by atoms with van der Waals surface area (Å²) in [6, 6.07) is 5.78. The number of nitrogens with zero attached hydrogens (tertiary/aromatic N) is 1. The number of benzene rings is 1. The zero-order chi connectivity index (χ0) is 13.3. The average Bonchev–Trinajstić information content (AvgIpc) is 2.28. The van der Waals surface area contributed by atoms with Crippen LogP contribution in [0.5, 0.6) is 0 Å². The van der Waals surface area contributed by atoms with Crippen LogP contribution in [0.1, 0.15) is 5.69 Å². The van der Waals surface area contributed by atoms with Gasteiger partial charge in [0.25, 0.3) is 0 Å². The number of pyridine rings is 1. The van der Waals surface area contributed by atoms with Gasteiger partial charge >= 0.3 is 0 Å². The van der Waals surface area contributed by atoms with Crippen LogP contribution in [0.4, 0.5) is 20.3 Å². The van der Waals surface area contributed by atoms with E-state index in [1.165, 1.54) is 12.1 Å². The summed E-state index contributed by atoms with van der Waals surface area (Å²) in [5.41, 5.74) is 0.519. The van der Waals surface area contributed by atoms with Crippen molar-refractivity contribution in [3.63, 3.8) is 0 Å². The van der Waals surface area contributed by atoms with E-state index in [1.54, 1.807) is 19.1 Å². The van der Waals surface area contributed by atoms with Crippen LogP contribution in [0.2, 0.25) is 0 Å². The van der Waals surface area contributed by atoms with Gasteiger partial charge in [-0.1, -0.05) is 15.9 Å². The largest absolute Gasteiger partial charge is 0.335 e. The Kier molecular flexibility index (Phi) is 3.97. The lowest BCUT2D eigenvalue weighted by Crippen LogP contribution is -2.00. The molecule has 1 heterocycles. The van der Waals surface area contributed by atoms with Crippen LogP contribution in [0, 0.1) is 18.6 Å². The van der Waals surface area contributed by atoms with Crippen LogP contribution >= 0.6 is 31.9 Å². The molecule has 0 unspecified atom stereocenters. The maximum absolute atomic E-state index is 13.6. The van der Waals surface area contributed by atoms with Crippen molar-refractivity contribution < 1.29 is 8.78 Å². The second-order valence-corrected chi connectivity index (χ2v) is 5.40. The van der Waals surface area contributed by atoms with E-state index in [1.807, 2.05) is 0 Å². The van der Waals surface area contributed by atoms with Gasteiger partial charge in [0.1, 0.15) is 11.5 Å². The molecule has 0 aliphatic rings. The number of halogens is 4. The molecule has 0 fully saturated rings. The molecule has 94 valence electrons. The summed E-state index contributed by atoms with van der Waals surface area (Å²) in [5.74, 6) is -0.968. The highest BCUT2D eigenvalue weighted by atomic mass is 79.9. The van der Waals surface area contributed by atoms with Crippen molar-refractivity contribution in [2.75, 3.05) is 5.32 Å². The molecular weight excluding hydrogens is 370 g/mol. The number of aryl methyl sites for hydroxylation is 1. The Hall–Kier alpha value is -1.01. The zero-order valence-electron chi connectivity index (χ0n) is 9.27. The lowest BCUT2D eigenvalue weighted by molar-refractivity contribution is 0.589. The lowest BCUT2D eigenvalue weighted by Gasteiger charge is -2.09. The van der Waals surface area contributed by atoms with Crippen molar-refractivity contribution >= 4 is 43.4 Å². The van der Waals surface area contributed by atoms with E-state index in [0.717, 1.165) is 10.2 Å². The van der Waals surface area contributed by atoms with Crippen LogP contribution < -0.4 is 5.32 Å². The number of hydrogen-bond acceptors (Lipinski definition) is 2. The zero-order valence-corrected chi connectivity index (χ0v) is 12.4. The summed E-state index contributed by atoms with van der Waals surface area (Å²) < 4.78 is 28.4. The first-order chi connectivity index (χ1) is 8.47. The van der Waals surface area contributed by atoms with Crippen molar-refractivity contribution in [2.24, 2.45) is 0 Å². The molecule has 0 bridgehead atoms. The summed E-state index contributed by atoms with van der Waals surface area (Å²) in [6.45, 7) is 1.80. The molecule has 1 aromatic carbocycles. The van der Waals surface area contributed by atoms with Gasteiger partial charge in [-0.15, -0.1) is 0 Å². The molecule has 2 aromatic rings. The highest BCUT2D eigenvalue weighted by molar-refractivity contribution is 9.10. The first-order valence-corrected chi connectivity index (χ1v) is 6.60. The number of rotatable bonds is 2.